The molecule has 0 fully saturated rings. The van der Waals surface area contributed by atoms with Gasteiger partial charge >= 0.3 is 0 Å². The second-order valence-electron chi connectivity index (χ2n) is 4.82. The van der Waals surface area contributed by atoms with E-state index in [0.29, 0.717) is 6.42 Å². The highest BCUT2D eigenvalue weighted by atomic mass is 32.2. The number of halogens is 2. The fourth-order valence-electron chi connectivity index (χ4n) is 1.93. The number of rotatable bonds is 5. The van der Waals surface area contributed by atoms with E-state index in [1.54, 1.807) is 12.1 Å². The average Bonchev–Trinajstić information content (AvgIpc) is 2.49. The van der Waals surface area contributed by atoms with Crippen molar-refractivity contribution in [2.24, 2.45) is 5.14 Å². The van der Waals surface area contributed by atoms with E-state index in [1.165, 1.54) is 12.1 Å². The van der Waals surface area contributed by atoms with Crippen LogP contribution in [-0.4, -0.2) is 20.9 Å². The number of nitrogens with two attached hydrogens (primary N) is 1. The molecule has 0 aliphatic heterocycles. The van der Waals surface area contributed by atoms with Gasteiger partial charge in [0.25, 0.3) is 5.91 Å². The highest BCUT2D eigenvalue weighted by Gasteiger charge is 2.12. The Kier molecular flexibility index (Phi) is 5.07. The molecule has 0 heterocycles. The number of carbonyl (C=O) groups excluding carboxylic acids is 1. The molecule has 8 heteroatoms. The SMILES string of the molecule is NS(=O)(=O)c1ccc(CCNC(=O)c2cc(F)ccc2F)cc1. The van der Waals surface area contributed by atoms with Gasteiger partial charge in [-0.05, 0) is 42.3 Å². The van der Waals surface area contributed by atoms with Gasteiger partial charge in [0.05, 0.1) is 10.5 Å². The van der Waals surface area contributed by atoms with Crippen molar-refractivity contribution in [3.8, 4) is 0 Å². The Morgan fingerprint density at radius 1 is 1.09 bits per heavy atom. The largest absolute Gasteiger partial charge is 0.352 e. The fraction of sp³-hybridized carbons (Fsp3) is 0.133. The molecule has 2 rings (SSSR count). The van der Waals surface area contributed by atoms with Gasteiger partial charge in [-0.3, -0.25) is 4.79 Å². The molecule has 0 aromatic heterocycles. The number of amides is 1. The molecule has 0 saturated carbocycles. The summed E-state index contributed by atoms with van der Waals surface area (Å²) < 4.78 is 48.7. The van der Waals surface area contributed by atoms with E-state index in [1.807, 2.05) is 0 Å². The Hall–Kier alpha value is -2.32. The summed E-state index contributed by atoms with van der Waals surface area (Å²) >= 11 is 0. The van der Waals surface area contributed by atoms with Crippen molar-refractivity contribution in [2.45, 2.75) is 11.3 Å². The first-order chi connectivity index (χ1) is 10.8. The summed E-state index contributed by atoms with van der Waals surface area (Å²) in [6.07, 6.45) is 0.396. The summed E-state index contributed by atoms with van der Waals surface area (Å²) in [5, 5.41) is 7.46. The van der Waals surface area contributed by atoms with E-state index in [9.17, 15) is 22.0 Å². The Labute approximate surface area is 132 Å². The molecule has 0 saturated heterocycles. The topological polar surface area (TPSA) is 89.3 Å². The maximum Gasteiger partial charge on any atom is 0.254 e. The van der Waals surface area contributed by atoms with Crippen LogP contribution in [0.1, 0.15) is 15.9 Å². The zero-order valence-electron chi connectivity index (χ0n) is 11.9. The standard InChI is InChI=1S/C15H14F2N2O3S/c16-11-3-6-14(17)13(9-11)15(20)19-8-7-10-1-4-12(5-2-10)23(18,21)22/h1-6,9H,7-8H2,(H,19,20)(H2,18,21,22). The van der Waals surface area contributed by atoms with Gasteiger partial charge < -0.3 is 5.32 Å². The zero-order chi connectivity index (χ0) is 17.0. The van der Waals surface area contributed by atoms with E-state index >= 15 is 0 Å². The Morgan fingerprint density at radius 3 is 2.35 bits per heavy atom. The lowest BCUT2D eigenvalue weighted by Crippen LogP contribution is -2.26. The molecule has 0 bridgehead atoms. The van der Waals surface area contributed by atoms with Crippen molar-refractivity contribution < 1.29 is 22.0 Å². The molecule has 0 unspecified atom stereocenters. The van der Waals surface area contributed by atoms with Gasteiger partial charge in [-0.1, -0.05) is 12.1 Å². The van der Waals surface area contributed by atoms with Crippen molar-refractivity contribution in [3.05, 3.63) is 65.2 Å². The number of hydrogen-bond acceptors (Lipinski definition) is 3. The second kappa shape index (κ2) is 6.84. The van der Waals surface area contributed by atoms with Crippen LogP contribution in [0.4, 0.5) is 8.78 Å². The van der Waals surface area contributed by atoms with Crippen LogP contribution in [0.3, 0.4) is 0 Å². The van der Waals surface area contributed by atoms with Crippen molar-refractivity contribution >= 4 is 15.9 Å². The average molecular weight is 340 g/mol. The quantitative estimate of drug-likeness (QED) is 0.866. The first-order valence-electron chi connectivity index (χ1n) is 6.62. The molecule has 23 heavy (non-hydrogen) atoms. The normalized spacial score (nSPS) is 11.3. The predicted octanol–water partition coefficient (Wildman–Crippen LogP) is 1.58. The number of carbonyl (C=O) groups is 1. The number of hydrogen-bond donors (Lipinski definition) is 2. The zero-order valence-corrected chi connectivity index (χ0v) is 12.7. The maximum absolute atomic E-state index is 13.4. The minimum atomic E-state index is -3.75. The van der Waals surface area contributed by atoms with Crippen LogP contribution in [0.25, 0.3) is 0 Å². The lowest BCUT2D eigenvalue weighted by Gasteiger charge is -2.07. The van der Waals surface area contributed by atoms with Gasteiger partial charge in [-0.15, -0.1) is 0 Å². The molecule has 0 aliphatic carbocycles. The summed E-state index contributed by atoms with van der Waals surface area (Å²) in [6, 6.07) is 8.49. The molecule has 0 spiro atoms. The second-order valence-corrected chi connectivity index (χ2v) is 6.38. The molecule has 122 valence electrons. The predicted molar refractivity (Wildman–Crippen MR) is 80.2 cm³/mol. The van der Waals surface area contributed by atoms with E-state index < -0.39 is 27.6 Å². The summed E-state index contributed by atoms with van der Waals surface area (Å²) in [5.41, 5.74) is 0.395. The van der Waals surface area contributed by atoms with Crippen LogP contribution >= 0.6 is 0 Å². The van der Waals surface area contributed by atoms with Gasteiger partial charge in [-0.2, -0.15) is 0 Å². The third kappa shape index (κ3) is 4.57. The molecule has 0 radical (unpaired) electrons. The van der Waals surface area contributed by atoms with E-state index in [2.05, 4.69) is 5.32 Å². The van der Waals surface area contributed by atoms with Crippen LogP contribution in [0.2, 0.25) is 0 Å². The van der Waals surface area contributed by atoms with Gasteiger partial charge in [0, 0.05) is 6.54 Å². The van der Waals surface area contributed by atoms with Crippen LogP contribution < -0.4 is 10.5 Å². The third-order valence-corrected chi connectivity index (χ3v) is 4.05. The molecular formula is C15H14F2N2O3S. The van der Waals surface area contributed by atoms with Crippen molar-refractivity contribution in [2.75, 3.05) is 6.54 Å². The summed E-state index contributed by atoms with van der Waals surface area (Å²) in [6.45, 7) is 0.184. The van der Waals surface area contributed by atoms with Gasteiger partial charge in [0.2, 0.25) is 10.0 Å². The highest BCUT2D eigenvalue weighted by Crippen LogP contribution is 2.11. The minimum Gasteiger partial charge on any atom is -0.352 e. The molecule has 3 N–H and O–H groups in total. The minimum absolute atomic E-state index is 0.00730. The molecule has 2 aromatic carbocycles. The highest BCUT2D eigenvalue weighted by molar-refractivity contribution is 7.89. The lowest BCUT2D eigenvalue weighted by molar-refractivity contribution is 0.0949. The van der Waals surface area contributed by atoms with Crippen LogP contribution in [-0.2, 0) is 16.4 Å². The van der Waals surface area contributed by atoms with Gasteiger partial charge in [0.15, 0.2) is 0 Å². The summed E-state index contributed by atoms with van der Waals surface area (Å²) in [4.78, 5) is 11.8. The summed E-state index contributed by atoms with van der Waals surface area (Å²) in [5.74, 6) is -2.22. The maximum atomic E-state index is 13.4. The number of benzene rings is 2. The molecular weight excluding hydrogens is 326 g/mol. The Bertz CT molecular complexity index is 821. The molecule has 2 aromatic rings. The fourth-order valence-corrected chi connectivity index (χ4v) is 2.45. The van der Waals surface area contributed by atoms with Crippen molar-refractivity contribution in [3.63, 3.8) is 0 Å². The number of nitrogens with one attached hydrogen (secondary N) is 1. The molecule has 0 atom stereocenters. The third-order valence-electron chi connectivity index (χ3n) is 3.12. The van der Waals surface area contributed by atoms with E-state index in [0.717, 1.165) is 23.8 Å². The van der Waals surface area contributed by atoms with Crippen molar-refractivity contribution in [1.82, 2.24) is 5.32 Å². The first-order valence-corrected chi connectivity index (χ1v) is 8.17. The van der Waals surface area contributed by atoms with Crippen LogP contribution in [0.5, 0.6) is 0 Å². The number of primary sulfonamides is 1. The lowest BCUT2D eigenvalue weighted by atomic mass is 10.1. The van der Waals surface area contributed by atoms with Crippen LogP contribution in [0, 0.1) is 11.6 Å². The van der Waals surface area contributed by atoms with E-state index in [4.69, 9.17) is 5.14 Å². The molecule has 5 nitrogen and oxygen atoms in total. The van der Waals surface area contributed by atoms with Gasteiger partial charge in [-0.25, -0.2) is 22.3 Å². The molecule has 0 aliphatic rings. The summed E-state index contributed by atoms with van der Waals surface area (Å²) in [7, 11) is -3.75. The van der Waals surface area contributed by atoms with Crippen molar-refractivity contribution in [1.29, 1.82) is 0 Å². The van der Waals surface area contributed by atoms with E-state index in [-0.39, 0.29) is 17.0 Å². The van der Waals surface area contributed by atoms with Gasteiger partial charge in [0.1, 0.15) is 11.6 Å². The number of sulfonamides is 1. The Morgan fingerprint density at radius 2 is 1.74 bits per heavy atom. The molecule has 1 amide bonds. The Balaban J connectivity index is 1.94. The monoisotopic (exact) mass is 340 g/mol. The first kappa shape index (κ1) is 17.0. The smallest absolute Gasteiger partial charge is 0.254 e. The van der Waals surface area contributed by atoms with Crippen LogP contribution in [0.15, 0.2) is 47.4 Å².